The van der Waals surface area contributed by atoms with Gasteiger partial charge < -0.3 is 97.9 Å². The summed E-state index contributed by atoms with van der Waals surface area (Å²) in [6, 6.07) is 42.5. The van der Waals surface area contributed by atoms with Gasteiger partial charge in [-0.15, -0.1) is 125 Å². The zero-order chi connectivity index (χ0) is 97.9. The van der Waals surface area contributed by atoms with E-state index in [9.17, 15) is 46.5 Å². The van der Waals surface area contributed by atoms with Gasteiger partial charge in [-0.05, 0) is 131 Å². The average molecular weight is 2220 g/mol. The molecule has 0 bridgehead atoms. The first-order chi connectivity index (χ1) is 66.5. The van der Waals surface area contributed by atoms with E-state index in [2.05, 4.69) is 14.7 Å². The van der Waals surface area contributed by atoms with Crippen molar-refractivity contribution in [2.45, 2.75) is 36.4 Å². The molecule has 0 saturated carbocycles. The molecule has 0 fully saturated rings. The molecule has 4 aliphatic heterocycles. The molecule has 138 heavy (non-hydrogen) atoms. The number of ether oxygens (including phenoxy) is 16. The van der Waals surface area contributed by atoms with E-state index in [1.54, 1.807) is 151 Å². The number of methoxy groups -OCH3 is 1. The van der Waals surface area contributed by atoms with Crippen molar-refractivity contribution in [2.24, 2.45) is 0 Å². The third kappa shape index (κ3) is 38.5. The number of ketones is 1. The molecule has 0 unspecified atom stereocenters. The summed E-state index contributed by atoms with van der Waals surface area (Å²) in [6.45, 7) is 12.2. The molecular weight excluding hydrogens is 2130 g/mol. The van der Waals surface area contributed by atoms with E-state index < -0.39 is 14.4 Å². The molecular formula is C92H91Cl5N2O27S12. The number of H-pyrrole nitrogens is 1. The van der Waals surface area contributed by atoms with Crippen molar-refractivity contribution >= 4 is 222 Å². The Bertz CT molecular complexity index is 5680. The normalized spacial score (nSPS) is 11.8. The minimum atomic E-state index is -4.27. The van der Waals surface area contributed by atoms with E-state index in [1.165, 1.54) is 91.5 Å². The third-order valence-electron chi connectivity index (χ3n) is 16.7. The highest BCUT2D eigenvalue weighted by Gasteiger charge is 2.38. The fourth-order valence-electron chi connectivity index (χ4n) is 10.7. The molecule has 13 aromatic heterocycles. The number of rotatable bonds is 28. The number of pyridine rings is 2. The zero-order valence-corrected chi connectivity index (χ0v) is 87.3. The number of esters is 5. The van der Waals surface area contributed by atoms with Gasteiger partial charge in [-0.25, -0.2) is 37.4 Å². The molecule has 3 N–H and O–H groups in total. The molecule has 46 heteroatoms. The monoisotopic (exact) mass is 2210 g/mol. The lowest BCUT2D eigenvalue weighted by molar-refractivity contribution is -0.378. The van der Waals surface area contributed by atoms with Gasteiger partial charge in [0.2, 0.25) is 0 Å². The molecule has 738 valence electrons. The van der Waals surface area contributed by atoms with Gasteiger partial charge in [-0.1, -0.05) is 102 Å². The first-order valence-corrected chi connectivity index (χ1v) is 53.5. The lowest BCUT2D eigenvalue weighted by Crippen LogP contribution is -3.00. The molecule has 17 heterocycles. The van der Waals surface area contributed by atoms with Crippen molar-refractivity contribution in [1.82, 2.24) is 4.98 Å². The van der Waals surface area contributed by atoms with Gasteiger partial charge in [-0.2, -0.15) is 0 Å². The van der Waals surface area contributed by atoms with E-state index >= 15 is 0 Å². The average Bonchev–Trinajstić information content (AvgIpc) is 1.57. The van der Waals surface area contributed by atoms with Crippen LogP contribution in [-0.4, -0.2) is 206 Å². The van der Waals surface area contributed by atoms with Crippen LogP contribution in [0.4, 0.5) is 0 Å². The van der Waals surface area contributed by atoms with Crippen LogP contribution in [0.15, 0.2) is 213 Å². The maximum absolute atomic E-state index is 12.6. The number of hydrogen-bond acceptors (Lipinski definition) is 38. The molecule has 0 spiro atoms. The van der Waals surface area contributed by atoms with Gasteiger partial charge in [0.1, 0.15) is 119 Å². The van der Waals surface area contributed by atoms with Crippen LogP contribution in [0.2, 0.25) is 0 Å². The van der Waals surface area contributed by atoms with Crippen molar-refractivity contribution in [2.75, 3.05) is 133 Å². The Morgan fingerprint density at radius 1 is 0.442 bits per heavy atom. The van der Waals surface area contributed by atoms with Crippen molar-refractivity contribution in [1.29, 1.82) is 0 Å². The number of benzene rings is 1. The predicted molar refractivity (Wildman–Crippen MR) is 539 cm³/mol. The molecule has 14 aromatic rings. The minimum Gasteiger partial charge on any atom is -1.00 e. The van der Waals surface area contributed by atoms with Gasteiger partial charge in [0.25, 0.3) is 5.24 Å². The van der Waals surface area contributed by atoms with Crippen LogP contribution in [0, 0.1) is 6.92 Å². The van der Waals surface area contributed by atoms with Crippen molar-refractivity contribution in [3.8, 4) is 85.0 Å². The van der Waals surface area contributed by atoms with Crippen LogP contribution >= 0.6 is 171 Å². The van der Waals surface area contributed by atoms with E-state index in [-0.39, 0.29) is 118 Å². The molecule has 0 amide bonds. The molecule has 18 rings (SSSR count). The first kappa shape index (κ1) is 114. The summed E-state index contributed by atoms with van der Waals surface area (Å²) in [5, 5.41) is 20.5. The second-order valence-corrected chi connectivity index (χ2v) is 40.9. The number of aryl methyl sites for hydroxylation is 1. The van der Waals surface area contributed by atoms with E-state index in [1.807, 2.05) is 118 Å². The van der Waals surface area contributed by atoms with Gasteiger partial charge in [0.05, 0.1) is 92.2 Å². The number of aromatic nitrogens is 2. The van der Waals surface area contributed by atoms with Crippen molar-refractivity contribution < 1.29 is 145 Å². The molecule has 0 saturated heterocycles. The number of fused-ring (bicyclic) bond motifs is 4. The van der Waals surface area contributed by atoms with Crippen LogP contribution in [0.1, 0.15) is 88.7 Å². The molecule has 29 nitrogen and oxygen atoms in total. The maximum atomic E-state index is 12.6. The molecule has 0 radical (unpaired) electrons. The Hall–Kier alpha value is -9.49. The number of carbonyl (C=O) groups is 6. The number of hydrogen-bond donors (Lipinski definition) is 1. The quantitative estimate of drug-likeness (QED) is 0.00695. The summed E-state index contributed by atoms with van der Waals surface area (Å²) in [7, 11) is -2.72. The summed E-state index contributed by atoms with van der Waals surface area (Å²) in [5.74, 6) is 4.39. The maximum Gasteiger partial charge on any atom is 0.348 e. The lowest BCUT2D eigenvalue weighted by atomic mass is 10.2. The van der Waals surface area contributed by atoms with Crippen LogP contribution in [-0.2, 0) is 48.0 Å². The molecule has 4 aliphatic rings. The first-order valence-electron chi connectivity index (χ1n) is 41.0. The van der Waals surface area contributed by atoms with E-state index in [0.29, 0.717) is 130 Å². The van der Waals surface area contributed by atoms with Crippen LogP contribution in [0.25, 0.3) is 39.0 Å². The van der Waals surface area contributed by atoms with E-state index in [0.717, 1.165) is 67.4 Å². The number of nitrogens with one attached hydrogen (secondary N) is 1. The van der Waals surface area contributed by atoms with Gasteiger partial charge in [-0.3, -0.25) is 14.6 Å². The van der Waals surface area contributed by atoms with Crippen LogP contribution < -0.4 is 55.3 Å². The Balaban J connectivity index is 0.000000213. The topological polar surface area (TPSA) is 376 Å². The third-order valence-corrected chi connectivity index (χ3v) is 29.2. The van der Waals surface area contributed by atoms with Gasteiger partial charge in [0.15, 0.2) is 62.7 Å². The Morgan fingerprint density at radius 3 is 1.05 bits per heavy atom. The Kier molecular flexibility index (Phi) is 52.2. The highest BCUT2D eigenvalue weighted by Crippen LogP contribution is 2.65. The molecule has 0 atom stereocenters. The van der Waals surface area contributed by atoms with Crippen molar-refractivity contribution in [3.63, 3.8) is 0 Å². The van der Waals surface area contributed by atoms with Crippen LogP contribution in [0.5, 0.6) is 46.0 Å². The van der Waals surface area contributed by atoms with E-state index in [4.69, 9.17) is 123 Å². The molecule has 0 aliphatic carbocycles. The number of aromatic amines is 1. The smallest absolute Gasteiger partial charge is 0.348 e. The zero-order valence-electron chi connectivity index (χ0n) is 73.8. The summed E-state index contributed by atoms with van der Waals surface area (Å²) < 4.78 is 119. The number of alkyl halides is 3. The number of aliphatic hydroxyl groups excluding tert-OH is 1. The molecule has 1 aromatic carbocycles. The summed E-state index contributed by atoms with van der Waals surface area (Å²) in [5.41, 5.74) is 0.928. The number of thiophene rings is 11. The summed E-state index contributed by atoms with van der Waals surface area (Å²) >= 11 is 35.4. The summed E-state index contributed by atoms with van der Waals surface area (Å²) in [4.78, 5) is 96.8. The minimum absolute atomic E-state index is 0. The number of aliphatic hydroxyl groups is 1. The highest BCUT2D eigenvalue weighted by atomic mass is 35.6. The second-order valence-electron chi connectivity index (χ2n) is 26.5. The Morgan fingerprint density at radius 2 is 0.775 bits per heavy atom. The lowest BCUT2D eigenvalue weighted by Gasteiger charge is -2.19. The fourth-order valence-corrected chi connectivity index (χ4v) is 20.9. The largest absolute Gasteiger partial charge is 1.00 e. The van der Waals surface area contributed by atoms with Crippen LogP contribution in [0.3, 0.4) is 0 Å². The van der Waals surface area contributed by atoms with Gasteiger partial charge >= 0.3 is 35.6 Å². The van der Waals surface area contributed by atoms with Crippen molar-refractivity contribution in [3.05, 3.63) is 248 Å². The number of nitrogens with zero attached hydrogens (tertiary/aromatic N) is 1. The second kappa shape index (κ2) is 63.3. The number of halogens is 5. The standard InChI is InChI=1S/C32H26O9S5.2C14H14O5S2.C7H8O3S.C6H6O2S.C5H3ClOS.2C5H5N.C3H8O2.CHCl3.ClH/c1-3-8-41-32(34)19-7-6-18(43-19)27-21-23(38-12-10-36-21)29(45-27)31-25-24(39-13-14-40-25)30(46-31)28-22-20(35-9-11-37-22)26(44-28)17-5-4-16(42-17)15(2)33;2*15-13(11-3-1-9-20-11)18-7-5-17-6-8-19-14(16)12-4-2-10-21-12;1-6-2-4-7(5-3-6)11(8,9)10;1-2-8-6-4-9-3-5(6)7-1;6-5(7)4-2-1-3-8-4;2*1-2-4-6-5-3-1;1-5-3-2-4;2-1(3)4;/h4-7H,3,8-14H2,1-2H3;2*1-4,9-10H,5-8H2;2-5H,1H3,(H,8,9,10);3-4H,1-2H2;1-3H;2*1-5H;4H,2-3H2,1H3;1H;1H. The Labute approximate surface area is 865 Å². The highest BCUT2D eigenvalue weighted by molar-refractivity contribution is 7.85. The predicted octanol–water partition coefficient (Wildman–Crippen LogP) is 18.9. The summed E-state index contributed by atoms with van der Waals surface area (Å²) in [6.07, 6.45) is 8.02. The number of carbonyl (C=O) groups excluding carboxylic acids is 7. The fraction of sp³-hybridized carbons (Fsp3) is 0.272. The van der Waals surface area contributed by atoms with Gasteiger partial charge in [0, 0.05) is 52.2 Å². The SMILES string of the molecule is CCCOC(=O)c1ccc(-c2sc(-c3sc(-c4sc(-c5ccc(C(C)=[OH+])s5)c5c4OCCO5)c4c3OCCO4)c3c2OCCO3)s1.COCCO.Cc1ccc(S(=O)(=O)[O-])cc1.ClC(Cl)Cl.O=C(Cl)c1cccs1.O=C(OCCOCCOC(=O)c1cccs1)c1cccs1.O=C(OCCOCCOC(=O)c1cccs1)c1cccs1.[Cl-].c1cc[nH+]cc1.c1ccncc1.c1scc2c1OCCO2.